The summed E-state index contributed by atoms with van der Waals surface area (Å²) in [4.78, 5) is 26.7. The average Bonchev–Trinajstić information content (AvgIpc) is 3.10. The van der Waals surface area contributed by atoms with Gasteiger partial charge in [-0.3, -0.25) is 4.79 Å². The molecule has 23 heavy (non-hydrogen) atoms. The largest absolute Gasteiger partial charge is 0.448 e. The molecular formula is C18H22N2O3. The molecule has 0 radical (unpaired) electrons. The Bertz CT molecular complexity index is 623. The van der Waals surface area contributed by atoms with Crippen molar-refractivity contribution in [1.29, 1.82) is 0 Å². The molecule has 0 aliphatic carbocycles. The number of esters is 1. The molecule has 1 amide bonds. The Morgan fingerprint density at radius 2 is 1.91 bits per heavy atom. The van der Waals surface area contributed by atoms with E-state index in [1.54, 1.807) is 25.3 Å². The summed E-state index contributed by atoms with van der Waals surface area (Å²) in [5.74, 6) is -0.585. The fraction of sp³-hybridized carbons (Fsp3) is 0.333. The lowest BCUT2D eigenvalue weighted by atomic mass is 9.96. The zero-order chi connectivity index (χ0) is 16.7. The lowest BCUT2D eigenvalue weighted by Gasteiger charge is -2.18. The topological polar surface area (TPSA) is 71.2 Å². The van der Waals surface area contributed by atoms with Crippen LogP contribution >= 0.6 is 0 Å². The first-order chi connectivity index (χ1) is 11.1. The van der Waals surface area contributed by atoms with E-state index in [-0.39, 0.29) is 11.8 Å². The summed E-state index contributed by atoms with van der Waals surface area (Å²) in [6, 6.07) is 13.4. The molecule has 0 spiro atoms. The average molecular weight is 314 g/mol. The maximum Gasteiger partial charge on any atom is 0.355 e. The molecule has 2 atom stereocenters. The number of H-pyrrole nitrogens is 1. The number of amides is 1. The van der Waals surface area contributed by atoms with Gasteiger partial charge in [-0.2, -0.15) is 0 Å². The van der Waals surface area contributed by atoms with Gasteiger partial charge in [0, 0.05) is 18.7 Å². The van der Waals surface area contributed by atoms with Crippen LogP contribution in [0.1, 0.15) is 42.2 Å². The molecule has 0 aliphatic heterocycles. The molecular weight excluding hydrogens is 292 g/mol. The highest BCUT2D eigenvalue weighted by Crippen LogP contribution is 2.18. The van der Waals surface area contributed by atoms with Gasteiger partial charge in [0.1, 0.15) is 5.69 Å². The highest BCUT2D eigenvalue weighted by Gasteiger charge is 2.20. The van der Waals surface area contributed by atoms with Gasteiger partial charge < -0.3 is 15.0 Å². The van der Waals surface area contributed by atoms with Crippen molar-refractivity contribution in [1.82, 2.24) is 10.3 Å². The van der Waals surface area contributed by atoms with Crippen molar-refractivity contribution in [2.24, 2.45) is 0 Å². The molecule has 0 saturated carbocycles. The Kier molecular flexibility index (Phi) is 5.97. The van der Waals surface area contributed by atoms with Crippen molar-refractivity contribution in [2.45, 2.75) is 32.3 Å². The number of carbonyl (C=O) groups excluding carboxylic acids is 2. The monoisotopic (exact) mass is 314 g/mol. The lowest BCUT2D eigenvalue weighted by molar-refractivity contribution is -0.129. The second kappa shape index (κ2) is 8.17. The van der Waals surface area contributed by atoms with Crippen LogP contribution < -0.4 is 5.32 Å². The summed E-state index contributed by atoms with van der Waals surface area (Å²) in [5, 5.41) is 2.86. The molecule has 1 heterocycles. The minimum absolute atomic E-state index is 0.242. The highest BCUT2D eigenvalue weighted by atomic mass is 16.5. The Hall–Kier alpha value is -2.56. The van der Waals surface area contributed by atoms with E-state index in [2.05, 4.69) is 29.4 Å². The zero-order valence-electron chi connectivity index (χ0n) is 13.4. The summed E-state index contributed by atoms with van der Waals surface area (Å²) < 4.78 is 5.15. The van der Waals surface area contributed by atoms with Gasteiger partial charge in [-0.25, -0.2) is 4.79 Å². The normalized spacial score (nSPS) is 13.1. The van der Waals surface area contributed by atoms with Crippen molar-refractivity contribution in [2.75, 3.05) is 6.54 Å². The minimum atomic E-state index is -0.834. The number of rotatable bonds is 7. The van der Waals surface area contributed by atoms with Crippen LogP contribution in [0.25, 0.3) is 0 Å². The molecule has 5 nitrogen and oxygen atoms in total. The maximum absolute atomic E-state index is 12.1. The van der Waals surface area contributed by atoms with Crippen LogP contribution in [0, 0.1) is 0 Å². The van der Waals surface area contributed by atoms with E-state index in [1.165, 1.54) is 5.56 Å². The molecule has 1 aromatic carbocycles. The predicted molar refractivity (Wildman–Crippen MR) is 88.2 cm³/mol. The molecule has 2 aromatic rings. The van der Waals surface area contributed by atoms with E-state index in [9.17, 15) is 9.59 Å². The van der Waals surface area contributed by atoms with Crippen LogP contribution in [-0.4, -0.2) is 29.5 Å². The Labute approximate surface area is 136 Å². The van der Waals surface area contributed by atoms with Crippen molar-refractivity contribution < 1.29 is 14.3 Å². The highest BCUT2D eigenvalue weighted by molar-refractivity contribution is 5.90. The van der Waals surface area contributed by atoms with Crippen LogP contribution in [0.5, 0.6) is 0 Å². The third kappa shape index (κ3) is 4.71. The molecule has 2 N–H and O–H groups in total. The van der Waals surface area contributed by atoms with Gasteiger partial charge in [-0.05, 0) is 31.0 Å². The van der Waals surface area contributed by atoms with Crippen LogP contribution in [-0.2, 0) is 9.53 Å². The standard InChI is InChI=1S/C18H22N2O3/c1-3-14(15-8-5-4-6-9-15)12-20-17(21)13(2)23-18(22)16-10-7-11-19-16/h4-11,13-14,19H,3,12H2,1-2H3,(H,20,21)/t13-,14-/m1/s1. The van der Waals surface area contributed by atoms with Gasteiger partial charge >= 0.3 is 5.97 Å². The summed E-state index contributed by atoms with van der Waals surface area (Å²) >= 11 is 0. The van der Waals surface area contributed by atoms with Crippen molar-refractivity contribution >= 4 is 11.9 Å². The second-order valence-corrected chi connectivity index (χ2v) is 5.39. The Morgan fingerprint density at radius 1 is 1.17 bits per heavy atom. The lowest BCUT2D eigenvalue weighted by Crippen LogP contribution is -2.38. The molecule has 1 aromatic heterocycles. The van der Waals surface area contributed by atoms with Crippen molar-refractivity contribution in [3.63, 3.8) is 0 Å². The predicted octanol–water partition coefficient (Wildman–Crippen LogP) is 2.87. The number of nitrogens with one attached hydrogen (secondary N) is 2. The second-order valence-electron chi connectivity index (χ2n) is 5.39. The molecule has 0 aliphatic rings. The minimum Gasteiger partial charge on any atom is -0.448 e. The summed E-state index contributed by atoms with van der Waals surface area (Å²) in [5.41, 5.74) is 1.52. The van der Waals surface area contributed by atoms with Gasteiger partial charge in [-0.1, -0.05) is 37.3 Å². The van der Waals surface area contributed by atoms with Gasteiger partial charge in [0.2, 0.25) is 0 Å². The SMILES string of the molecule is CC[C@H](CNC(=O)[C@@H](C)OC(=O)c1ccc[nH]1)c1ccccc1. The van der Waals surface area contributed by atoms with Crippen LogP contribution in [0.3, 0.4) is 0 Å². The van der Waals surface area contributed by atoms with Gasteiger partial charge in [-0.15, -0.1) is 0 Å². The quantitative estimate of drug-likeness (QED) is 0.772. The molecule has 0 fully saturated rings. The number of carbonyl (C=O) groups is 2. The van der Waals surface area contributed by atoms with Crippen LogP contribution in [0.2, 0.25) is 0 Å². The fourth-order valence-corrected chi connectivity index (χ4v) is 2.33. The third-order valence-electron chi connectivity index (χ3n) is 3.76. The summed E-state index contributed by atoms with van der Waals surface area (Å²) in [6.45, 7) is 4.17. The number of hydrogen-bond acceptors (Lipinski definition) is 3. The number of ether oxygens (including phenoxy) is 1. The Balaban J connectivity index is 1.84. The molecule has 122 valence electrons. The van der Waals surface area contributed by atoms with E-state index in [1.807, 2.05) is 18.2 Å². The van der Waals surface area contributed by atoms with Crippen LogP contribution in [0.15, 0.2) is 48.7 Å². The smallest absolute Gasteiger partial charge is 0.355 e. The number of aromatic nitrogens is 1. The molecule has 0 saturated heterocycles. The first kappa shape index (κ1) is 16.8. The van der Waals surface area contributed by atoms with Crippen molar-refractivity contribution in [3.05, 3.63) is 59.9 Å². The van der Waals surface area contributed by atoms with E-state index in [4.69, 9.17) is 4.74 Å². The first-order valence-corrected chi connectivity index (χ1v) is 7.78. The van der Waals surface area contributed by atoms with Gasteiger partial charge in [0.05, 0.1) is 0 Å². The summed E-state index contributed by atoms with van der Waals surface area (Å²) in [7, 11) is 0. The third-order valence-corrected chi connectivity index (χ3v) is 3.76. The zero-order valence-corrected chi connectivity index (χ0v) is 13.4. The fourth-order valence-electron chi connectivity index (χ4n) is 2.33. The van der Waals surface area contributed by atoms with Crippen molar-refractivity contribution in [3.8, 4) is 0 Å². The van der Waals surface area contributed by atoms with Crippen LogP contribution in [0.4, 0.5) is 0 Å². The molecule has 2 rings (SSSR count). The van der Waals surface area contributed by atoms with E-state index >= 15 is 0 Å². The van der Waals surface area contributed by atoms with E-state index in [0.29, 0.717) is 12.2 Å². The Morgan fingerprint density at radius 3 is 2.52 bits per heavy atom. The summed E-state index contributed by atoms with van der Waals surface area (Å²) in [6.07, 6.45) is 1.72. The molecule has 0 bridgehead atoms. The molecule has 0 unspecified atom stereocenters. The number of hydrogen-bond donors (Lipinski definition) is 2. The van der Waals surface area contributed by atoms with E-state index in [0.717, 1.165) is 6.42 Å². The van der Waals surface area contributed by atoms with E-state index < -0.39 is 12.1 Å². The number of benzene rings is 1. The number of aromatic amines is 1. The van der Waals surface area contributed by atoms with Gasteiger partial charge in [0.15, 0.2) is 6.10 Å². The maximum atomic E-state index is 12.1. The first-order valence-electron chi connectivity index (χ1n) is 7.78. The van der Waals surface area contributed by atoms with Gasteiger partial charge in [0.25, 0.3) is 5.91 Å². The molecule has 5 heteroatoms.